The van der Waals surface area contributed by atoms with E-state index in [4.69, 9.17) is 4.74 Å². The summed E-state index contributed by atoms with van der Waals surface area (Å²) in [6, 6.07) is 8.02. The highest BCUT2D eigenvalue weighted by Gasteiger charge is 2.10. The SMILES string of the molecule is CCOc1cc(C(=O)NCCNC(=O)c2ccc(NC(=O)CC)cc2)ncn1. The van der Waals surface area contributed by atoms with Crippen LogP contribution in [-0.2, 0) is 4.79 Å². The second kappa shape index (κ2) is 10.6. The molecular weight excluding hydrogens is 362 g/mol. The lowest BCUT2D eigenvalue weighted by Gasteiger charge is -2.08. The zero-order chi connectivity index (χ0) is 20.4. The third kappa shape index (κ3) is 6.35. The van der Waals surface area contributed by atoms with Gasteiger partial charge in [0.1, 0.15) is 12.0 Å². The van der Waals surface area contributed by atoms with Crippen molar-refractivity contribution in [1.29, 1.82) is 0 Å². The number of rotatable bonds is 9. The first-order chi connectivity index (χ1) is 13.5. The predicted octanol–water partition coefficient (Wildman–Crippen LogP) is 1.38. The number of nitrogens with one attached hydrogen (secondary N) is 3. The zero-order valence-corrected chi connectivity index (χ0v) is 15.8. The minimum Gasteiger partial charge on any atom is -0.478 e. The molecule has 9 heteroatoms. The van der Waals surface area contributed by atoms with Gasteiger partial charge in [-0.15, -0.1) is 0 Å². The Morgan fingerprint density at radius 1 is 0.964 bits per heavy atom. The topological polar surface area (TPSA) is 122 Å². The van der Waals surface area contributed by atoms with Crippen LogP contribution in [0.4, 0.5) is 5.69 Å². The minimum absolute atomic E-state index is 0.0926. The predicted molar refractivity (Wildman–Crippen MR) is 103 cm³/mol. The van der Waals surface area contributed by atoms with Crippen molar-refractivity contribution >= 4 is 23.4 Å². The van der Waals surface area contributed by atoms with E-state index in [0.29, 0.717) is 30.2 Å². The quantitative estimate of drug-likeness (QED) is 0.561. The Morgan fingerprint density at radius 3 is 2.29 bits per heavy atom. The smallest absolute Gasteiger partial charge is 0.270 e. The summed E-state index contributed by atoms with van der Waals surface area (Å²) in [5.74, 6) is -0.420. The Morgan fingerprint density at radius 2 is 1.64 bits per heavy atom. The van der Waals surface area contributed by atoms with E-state index in [0.717, 1.165) is 0 Å². The molecule has 3 amide bonds. The largest absolute Gasteiger partial charge is 0.478 e. The van der Waals surface area contributed by atoms with Gasteiger partial charge in [0, 0.05) is 36.8 Å². The summed E-state index contributed by atoms with van der Waals surface area (Å²) in [6.45, 7) is 4.51. The number of ether oxygens (including phenoxy) is 1. The molecule has 0 bridgehead atoms. The van der Waals surface area contributed by atoms with Crippen molar-refractivity contribution in [2.24, 2.45) is 0 Å². The summed E-state index contributed by atoms with van der Waals surface area (Å²) >= 11 is 0. The van der Waals surface area contributed by atoms with Crippen LogP contribution in [-0.4, -0.2) is 47.4 Å². The first kappa shape index (κ1) is 20.8. The number of carbonyl (C=O) groups excluding carboxylic acids is 3. The number of hydrogen-bond donors (Lipinski definition) is 3. The molecule has 0 aliphatic heterocycles. The van der Waals surface area contributed by atoms with Crippen molar-refractivity contribution in [1.82, 2.24) is 20.6 Å². The van der Waals surface area contributed by atoms with Crippen LogP contribution >= 0.6 is 0 Å². The molecule has 0 atom stereocenters. The van der Waals surface area contributed by atoms with E-state index in [-0.39, 0.29) is 36.5 Å². The Labute approximate surface area is 162 Å². The number of anilines is 1. The Bertz CT molecular complexity index is 823. The van der Waals surface area contributed by atoms with Gasteiger partial charge in [0.15, 0.2) is 0 Å². The molecule has 1 heterocycles. The molecule has 2 rings (SSSR count). The molecule has 0 saturated heterocycles. The molecule has 2 aromatic rings. The van der Waals surface area contributed by atoms with E-state index in [2.05, 4.69) is 25.9 Å². The maximum atomic E-state index is 12.1. The lowest BCUT2D eigenvalue weighted by molar-refractivity contribution is -0.115. The van der Waals surface area contributed by atoms with Crippen molar-refractivity contribution in [3.63, 3.8) is 0 Å². The normalized spacial score (nSPS) is 10.1. The van der Waals surface area contributed by atoms with Gasteiger partial charge in [-0.1, -0.05) is 6.92 Å². The first-order valence-corrected chi connectivity index (χ1v) is 8.94. The van der Waals surface area contributed by atoms with Crippen molar-refractivity contribution < 1.29 is 19.1 Å². The standard InChI is InChI=1S/C19H23N5O4/c1-3-16(25)24-14-7-5-13(6-8-14)18(26)20-9-10-21-19(27)15-11-17(28-4-2)23-12-22-15/h5-8,11-12H,3-4,9-10H2,1-2H3,(H,20,26)(H,21,27)(H,24,25). The molecule has 3 N–H and O–H groups in total. The third-order valence-electron chi connectivity index (χ3n) is 3.61. The van der Waals surface area contributed by atoms with Gasteiger partial charge in [-0.2, -0.15) is 0 Å². The van der Waals surface area contributed by atoms with Gasteiger partial charge in [-0.3, -0.25) is 14.4 Å². The highest BCUT2D eigenvalue weighted by molar-refractivity contribution is 5.96. The molecular formula is C19H23N5O4. The minimum atomic E-state index is -0.381. The van der Waals surface area contributed by atoms with Crippen molar-refractivity contribution in [3.05, 3.63) is 47.9 Å². The lowest BCUT2D eigenvalue weighted by Crippen LogP contribution is -2.35. The van der Waals surface area contributed by atoms with Gasteiger partial charge in [-0.25, -0.2) is 9.97 Å². The van der Waals surface area contributed by atoms with Crippen LogP contribution in [0.2, 0.25) is 0 Å². The molecule has 148 valence electrons. The van der Waals surface area contributed by atoms with Crippen molar-refractivity contribution in [2.45, 2.75) is 20.3 Å². The first-order valence-electron chi connectivity index (χ1n) is 8.94. The Kier molecular flexibility index (Phi) is 7.89. The molecule has 1 aromatic carbocycles. The molecule has 0 unspecified atom stereocenters. The van der Waals surface area contributed by atoms with Gasteiger partial charge in [-0.05, 0) is 31.2 Å². The monoisotopic (exact) mass is 385 g/mol. The van der Waals surface area contributed by atoms with Crippen LogP contribution in [0.25, 0.3) is 0 Å². The highest BCUT2D eigenvalue weighted by atomic mass is 16.5. The van der Waals surface area contributed by atoms with Crippen molar-refractivity contribution in [2.75, 3.05) is 25.0 Å². The molecule has 28 heavy (non-hydrogen) atoms. The lowest BCUT2D eigenvalue weighted by atomic mass is 10.2. The van der Waals surface area contributed by atoms with Crippen LogP contribution in [0, 0.1) is 0 Å². The summed E-state index contributed by atoms with van der Waals surface area (Å²) in [5.41, 5.74) is 1.28. The number of nitrogens with zero attached hydrogens (tertiary/aromatic N) is 2. The fourth-order valence-corrected chi connectivity index (χ4v) is 2.19. The number of hydrogen-bond acceptors (Lipinski definition) is 6. The fourth-order valence-electron chi connectivity index (χ4n) is 2.19. The maximum absolute atomic E-state index is 12.1. The molecule has 0 fully saturated rings. The Hall–Kier alpha value is -3.49. The molecule has 0 aliphatic rings. The van der Waals surface area contributed by atoms with E-state index < -0.39 is 0 Å². The van der Waals surface area contributed by atoms with Crippen LogP contribution in [0.1, 0.15) is 41.1 Å². The number of aromatic nitrogens is 2. The summed E-state index contributed by atoms with van der Waals surface area (Å²) in [6.07, 6.45) is 1.64. The summed E-state index contributed by atoms with van der Waals surface area (Å²) < 4.78 is 5.23. The molecule has 0 spiro atoms. The van der Waals surface area contributed by atoms with Gasteiger partial charge in [0.05, 0.1) is 6.61 Å². The second-order valence-electron chi connectivity index (χ2n) is 5.67. The van der Waals surface area contributed by atoms with E-state index in [9.17, 15) is 14.4 Å². The molecule has 0 aliphatic carbocycles. The number of benzene rings is 1. The van der Waals surface area contributed by atoms with Gasteiger partial charge in [0.25, 0.3) is 11.8 Å². The molecule has 1 aromatic heterocycles. The van der Waals surface area contributed by atoms with Crippen LogP contribution < -0.4 is 20.7 Å². The highest BCUT2D eigenvalue weighted by Crippen LogP contribution is 2.10. The van der Waals surface area contributed by atoms with E-state index in [1.54, 1.807) is 31.2 Å². The summed E-state index contributed by atoms with van der Waals surface area (Å²) in [5, 5.41) is 8.09. The third-order valence-corrected chi connectivity index (χ3v) is 3.61. The van der Waals surface area contributed by atoms with Gasteiger partial charge < -0.3 is 20.7 Å². The van der Waals surface area contributed by atoms with Gasteiger partial charge in [0.2, 0.25) is 11.8 Å². The Balaban J connectivity index is 1.76. The second-order valence-corrected chi connectivity index (χ2v) is 5.67. The molecule has 0 radical (unpaired) electrons. The molecule has 9 nitrogen and oxygen atoms in total. The maximum Gasteiger partial charge on any atom is 0.270 e. The van der Waals surface area contributed by atoms with Gasteiger partial charge >= 0.3 is 0 Å². The average molecular weight is 385 g/mol. The fraction of sp³-hybridized carbons (Fsp3) is 0.316. The zero-order valence-electron chi connectivity index (χ0n) is 15.8. The molecule has 0 saturated carbocycles. The average Bonchev–Trinajstić information content (AvgIpc) is 2.71. The van der Waals surface area contributed by atoms with E-state index in [1.165, 1.54) is 12.4 Å². The van der Waals surface area contributed by atoms with Crippen molar-refractivity contribution in [3.8, 4) is 5.88 Å². The summed E-state index contributed by atoms with van der Waals surface area (Å²) in [7, 11) is 0. The van der Waals surface area contributed by atoms with E-state index >= 15 is 0 Å². The van der Waals surface area contributed by atoms with Crippen LogP contribution in [0.5, 0.6) is 5.88 Å². The van der Waals surface area contributed by atoms with Crippen LogP contribution in [0.3, 0.4) is 0 Å². The van der Waals surface area contributed by atoms with E-state index in [1.807, 2.05) is 6.92 Å². The van der Waals surface area contributed by atoms with Crippen LogP contribution in [0.15, 0.2) is 36.7 Å². The number of carbonyl (C=O) groups is 3. The number of amides is 3. The summed E-state index contributed by atoms with van der Waals surface area (Å²) in [4.78, 5) is 43.3.